The van der Waals surface area contributed by atoms with Crippen molar-refractivity contribution in [2.45, 2.75) is 12.5 Å². The maximum absolute atomic E-state index is 11.3. The molecule has 1 aromatic carbocycles. The average molecular weight is 247 g/mol. The molecule has 0 aliphatic heterocycles. The van der Waals surface area contributed by atoms with E-state index in [1.807, 2.05) is 6.07 Å². The molecule has 0 fully saturated rings. The van der Waals surface area contributed by atoms with Crippen LogP contribution < -0.4 is 11.5 Å². The Labute approximate surface area is 103 Å². The summed E-state index contributed by atoms with van der Waals surface area (Å²) in [6, 6.07) is 5.53. The number of carbonyl (C=O) groups is 2. The summed E-state index contributed by atoms with van der Waals surface area (Å²) >= 11 is 0. The largest absolute Gasteiger partial charge is 0.480 e. The van der Waals surface area contributed by atoms with Gasteiger partial charge in [-0.1, -0.05) is 18.2 Å². The Morgan fingerprint density at radius 1 is 1.33 bits per heavy atom. The summed E-state index contributed by atoms with van der Waals surface area (Å²) in [6.45, 7) is 0. The molecule has 1 aromatic heterocycles. The zero-order valence-electron chi connectivity index (χ0n) is 9.54. The Kier molecular flexibility index (Phi) is 3.03. The fourth-order valence-electron chi connectivity index (χ4n) is 1.92. The standard InChI is InChI=1S/C12H13N3O3/c13-9(11(16)17)5-7-6-15(12(14)18)10-4-2-1-3-8(7)10/h1-4,6,9H,5,13H2,(H2,14,18)(H,16,17)/t9-/m0/s1. The first kappa shape index (κ1) is 12.1. The quantitative estimate of drug-likeness (QED) is 0.734. The number of amides is 1. The number of rotatable bonds is 3. The lowest BCUT2D eigenvalue weighted by molar-refractivity contribution is -0.138. The number of nitrogens with two attached hydrogens (primary N) is 2. The highest BCUT2D eigenvalue weighted by Crippen LogP contribution is 2.21. The summed E-state index contributed by atoms with van der Waals surface area (Å²) in [5.41, 5.74) is 12.1. The number of para-hydroxylation sites is 1. The second kappa shape index (κ2) is 4.50. The minimum absolute atomic E-state index is 0.149. The van der Waals surface area contributed by atoms with Crippen LogP contribution in [0.2, 0.25) is 0 Å². The minimum atomic E-state index is -1.08. The first-order valence-corrected chi connectivity index (χ1v) is 5.38. The van der Waals surface area contributed by atoms with E-state index in [1.165, 1.54) is 10.8 Å². The SMILES string of the molecule is NC(=O)n1cc(C[C@H](N)C(=O)O)c2ccccc21. The van der Waals surface area contributed by atoms with Crippen LogP contribution in [0.5, 0.6) is 0 Å². The number of carboxylic acids is 1. The summed E-state index contributed by atoms with van der Waals surface area (Å²) in [6.07, 6.45) is 1.69. The van der Waals surface area contributed by atoms with Gasteiger partial charge in [0.15, 0.2) is 0 Å². The van der Waals surface area contributed by atoms with Gasteiger partial charge in [-0.15, -0.1) is 0 Å². The maximum Gasteiger partial charge on any atom is 0.323 e. The van der Waals surface area contributed by atoms with Crippen molar-refractivity contribution >= 4 is 22.9 Å². The highest BCUT2D eigenvalue weighted by molar-refractivity contribution is 5.93. The smallest absolute Gasteiger partial charge is 0.323 e. The molecule has 0 saturated carbocycles. The number of fused-ring (bicyclic) bond motifs is 1. The van der Waals surface area contributed by atoms with Crippen molar-refractivity contribution in [3.63, 3.8) is 0 Å². The number of hydrogen-bond donors (Lipinski definition) is 3. The molecular formula is C12H13N3O3. The third-order valence-corrected chi connectivity index (χ3v) is 2.79. The van der Waals surface area contributed by atoms with Gasteiger partial charge >= 0.3 is 12.0 Å². The zero-order valence-corrected chi connectivity index (χ0v) is 9.54. The molecule has 6 nitrogen and oxygen atoms in total. The van der Waals surface area contributed by atoms with E-state index in [0.29, 0.717) is 11.1 Å². The highest BCUT2D eigenvalue weighted by Gasteiger charge is 2.17. The number of benzene rings is 1. The predicted octanol–water partition coefficient (Wildman–Crippen LogP) is 0.523. The highest BCUT2D eigenvalue weighted by atomic mass is 16.4. The summed E-state index contributed by atoms with van der Waals surface area (Å²) < 4.78 is 1.29. The minimum Gasteiger partial charge on any atom is -0.480 e. The van der Waals surface area contributed by atoms with Gasteiger partial charge in [-0.2, -0.15) is 0 Å². The number of carboxylic acid groups (broad SMARTS) is 1. The second-order valence-electron chi connectivity index (χ2n) is 4.03. The fraction of sp³-hybridized carbons (Fsp3) is 0.167. The lowest BCUT2D eigenvalue weighted by Crippen LogP contribution is -2.32. The molecule has 0 saturated heterocycles. The van der Waals surface area contributed by atoms with Gasteiger partial charge in [0.25, 0.3) is 0 Å². The number of hydrogen-bond acceptors (Lipinski definition) is 3. The molecule has 0 bridgehead atoms. The van der Waals surface area contributed by atoms with E-state index in [-0.39, 0.29) is 6.42 Å². The van der Waals surface area contributed by atoms with Crippen molar-refractivity contribution in [2.24, 2.45) is 11.5 Å². The summed E-state index contributed by atoms with van der Waals surface area (Å²) in [5.74, 6) is -1.08. The molecule has 1 atom stereocenters. The monoisotopic (exact) mass is 247 g/mol. The predicted molar refractivity (Wildman–Crippen MR) is 66.2 cm³/mol. The van der Waals surface area contributed by atoms with Crippen LogP contribution in [0.1, 0.15) is 5.56 Å². The van der Waals surface area contributed by atoms with Crippen molar-refractivity contribution in [3.8, 4) is 0 Å². The van der Waals surface area contributed by atoms with Gasteiger partial charge in [-0.25, -0.2) is 4.79 Å². The van der Waals surface area contributed by atoms with Crippen LogP contribution in [0.4, 0.5) is 4.79 Å². The van der Waals surface area contributed by atoms with E-state index in [1.54, 1.807) is 18.2 Å². The lowest BCUT2D eigenvalue weighted by Gasteiger charge is -2.04. The Morgan fingerprint density at radius 2 is 2.00 bits per heavy atom. The van der Waals surface area contributed by atoms with Crippen LogP contribution in [-0.4, -0.2) is 27.7 Å². The topological polar surface area (TPSA) is 111 Å². The molecule has 0 aliphatic carbocycles. The van der Waals surface area contributed by atoms with Crippen molar-refractivity contribution in [1.82, 2.24) is 4.57 Å². The molecule has 6 heteroatoms. The third kappa shape index (κ3) is 2.05. The number of aliphatic carboxylic acids is 1. The van der Waals surface area contributed by atoms with E-state index in [2.05, 4.69) is 0 Å². The molecule has 2 aromatic rings. The van der Waals surface area contributed by atoms with Gasteiger partial charge in [0.05, 0.1) is 5.52 Å². The molecule has 0 spiro atoms. The maximum atomic E-state index is 11.3. The Bertz CT molecular complexity index is 618. The van der Waals surface area contributed by atoms with Crippen molar-refractivity contribution in [3.05, 3.63) is 36.0 Å². The van der Waals surface area contributed by atoms with E-state index >= 15 is 0 Å². The molecule has 1 heterocycles. The van der Waals surface area contributed by atoms with Crippen LogP contribution in [0, 0.1) is 0 Å². The Balaban J connectivity index is 2.51. The van der Waals surface area contributed by atoms with Crippen LogP contribution in [0.15, 0.2) is 30.5 Å². The molecular weight excluding hydrogens is 234 g/mol. The molecule has 94 valence electrons. The molecule has 2 rings (SSSR count). The number of nitrogens with zero attached hydrogens (tertiary/aromatic N) is 1. The third-order valence-electron chi connectivity index (χ3n) is 2.79. The van der Waals surface area contributed by atoms with E-state index < -0.39 is 18.0 Å². The number of carbonyl (C=O) groups excluding carboxylic acids is 1. The van der Waals surface area contributed by atoms with E-state index in [0.717, 1.165) is 5.39 Å². The first-order valence-electron chi connectivity index (χ1n) is 5.38. The number of primary amides is 1. The van der Waals surface area contributed by atoms with Gasteiger partial charge in [-0.05, 0) is 11.6 Å². The van der Waals surface area contributed by atoms with Crippen molar-refractivity contribution in [2.75, 3.05) is 0 Å². The zero-order chi connectivity index (χ0) is 13.3. The van der Waals surface area contributed by atoms with Crippen molar-refractivity contribution in [1.29, 1.82) is 0 Å². The lowest BCUT2D eigenvalue weighted by atomic mass is 10.1. The molecule has 0 unspecified atom stereocenters. The fourth-order valence-corrected chi connectivity index (χ4v) is 1.92. The van der Waals surface area contributed by atoms with Crippen molar-refractivity contribution < 1.29 is 14.7 Å². The second-order valence-corrected chi connectivity index (χ2v) is 4.03. The summed E-state index contributed by atoms with van der Waals surface area (Å²) in [7, 11) is 0. The van der Waals surface area contributed by atoms with Gasteiger partial charge in [0.2, 0.25) is 0 Å². The molecule has 0 aliphatic rings. The Hall–Kier alpha value is -2.34. The van der Waals surface area contributed by atoms with Gasteiger partial charge in [0, 0.05) is 18.0 Å². The Morgan fingerprint density at radius 3 is 2.61 bits per heavy atom. The van der Waals surface area contributed by atoms with Crippen LogP contribution in [-0.2, 0) is 11.2 Å². The number of aromatic nitrogens is 1. The molecule has 1 amide bonds. The summed E-state index contributed by atoms with van der Waals surface area (Å²) in [4.78, 5) is 22.0. The van der Waals surface area contributed by atoms with Crippen LogP contribution in [0.25, 0.3) is 10.9 Å². The van der Waals surface area contributed by atoms with E-state index in [4.69, 9.17) is 16.6 Å². The van der Waals surface area contributed by atoms with Crippen LogP contribution >= 0.6 is 0 Å². The molecule has 18 heavy (non-hydrogen) atoms. The van der Waals surface area contributed by atoms with Gasteiger partial charge < -0.3 is 16.6 Å². The van der Waals surface area contributed by atoms with Gasteiger partial charge in [0.1, 0.15) is 6.04 Å². The normalized spacial score (nSPS) is 12.5. The summed E-state index contributed by atoms with van der Waals surface area (Å²) in [5, 5.41) is 9.59. The van der Waals surface area contributed by atoms with Gasteiger partial charge in [-0.3, -0.25) is 9.36 Å². The average Bonchev–Trinajstić information content (AvgIpc) is 2.68. The molecule has 5 N–H and O–H groups in total. The van der Waals surface area contributed by atoms with Crippen LogP contribution in [0.3, 0.4) is 0 Å². The van der Waals surface area contributed by atoms with E-state index in [9.17, 15) is 9.59 Å². The first-order chi connectivity index (χ1) is 8.50. The molecule has 0 radical (unpaired) electrons.